The van der Waals surface area contributed by atoms with E-state index in [9.17, 15) is 9.18 Å². The number of carbonyl (C=O) groups excluding carboxylic acids is 1. The van der Waals surface area contributed by atoms with Gasteiger partial charge in [-0.2, -0.15) is 0 Å². The normalized spacial score (nSPS) is 10.5. The number of aromatic nitrogens is 2. The zero-order chi connectivity index (χ0) is 12.3. The van der Waals surface area contributed by atoms with Crippen LogP contribution in [0.25, 0.3) is 11.4 Å². The van der Waals surface area contributed by atoms with E-state index in [0.29, 0.717) is 23.2 Å². The first-order valence-electron chi connectivity index (χ1n) is 5.52. The van der Waals surface area contributed by atoms with Crippen LogP contribution in [-0.4, -0.2) is 15.8 Å². The van der Waals surface area contributed by atoms with E-state index < -0.39 is 5.82 Å². The van der Waals surface area contributed by atoms with Gasteiger partial charge in [-0.25, -0.2) is 9.37 Å². The van der Waals surface area contributed by atoms with E-state index in [0.717, 1.165) is 13.0 Å². The first kappa shape index (κ1) is 11.5. The zero-order valence-corrected chi connectivity index (χ0v) is 9.56. The lowest BCUT2D eigenvalue weighted by Crippen LogP contribution is -2.00. The molecule has 0 fully saturated rings. The van der Waals surface area contributed by atoms with Gasteiger partial charge in [0.2, 0.25) is 0 Å². The van der Waals surface area contributed by atoms with E-state index in [-0.39, 0.29) is 0 Å². The molecule has 0 bridgehead atoms. The van der Waals surface area contributed by atoms with Crippen molar-refractivity contribution >= 4 is 6.29 Å². The number of carbonyl (C=O) groups is 1. The van der Waals surface area contributed by atoms with Gasteiger partial charge < -0.3 is 4.57 Å². The summed E-state index contributed by atoms with van der Waals surface area (Å²) in [6, 6.07) is 4.16. The minimum absolute atomic E-state index is 0.327. The molecule has 0 saturated carbocycles. The van der Waals surface area contributed by atoms with Crippen LogP contribution < -0.4 is 0 Å². The van der Waals surface area contributed by atoms with Gasteiger partial charge in [-0.05, 0) is 24.6 Å². The summed E-state index contributed by atoms with van der Waals surface area (Å²) >= 11 is 0. The smallest absolute Gasteiger partial charge is 0.150 e. The number of hydrogen-bond donors (Lipinski definition) is 0. The number of rotatable bonds is 4. The molecule has 4 heteroatoms. The third-order valence-electron chi connectivity index (χ3n) is 2.56. The molecule has 1 aromatic heterocycles. The van der Waals surface area contributed by atoms with E-state index >= 15 is 0 Å². The highest BCUT2D eigenvalue weighted by molar-refractivity contribution is 5.85. The molecule has 0 aliphatic heterocycles. The first-order chi connectivity index (χ1) is 8.26. The van der Waals surface area contributed by atoms with Crippen molar-refractivity contribution in [1.82, 2.24) is 9.55 Å². The van der Waals surface area contributed by atoms with Gasteiger partial charge in [0.15, 0.2) is 6.29 Å². The number of aryl methyl sites for hydroxylation is 1. The lowest BCUT2D eigenvalue weighted by molar-refractivity contribution is 0.112. The Balaban J connectivity index is 2.52. The zero-order valence-electron chi connectivity index (χ0n) is 9.56. The van der Waals surface area contributed by atoms with Gasteiger partial charge in [0.1, 0.15) is 11.6 Å². The highest BCUT2D eigenvalue weighted by atomic mass is 19.1. The van der Waals surface area contributed by atoms with Crippen LogP contribution in [0.2, 0.25) is 0 Å². The Morgan fingerprint density at radius 2 is 2.29 bits per heavy atom. The van der Waals surface area contributed by atoms with Gasteiger partial charge in [-0.15, -0.1) is 0 Å². The van der Waals surface area contributed by atoms with Gasteiger partial charge in [0.05, 0.1) is 0 Å². The Hall–Kier alpha value is -1.97. The second-order valence-electron chi connectivity index (χ2n) is 3.79. The fraction of sp³-hybridized carbons (Fsp3) is 0.231. The number of imidazole rings is 1. The van der Waals surface area contributed by atoms with E-state index in [4.69, 9.17) is 0 Å². The van der Waals surface area contributed by atoms with E-state index in [1.807, 2.05) is 10.8 Å². The second-order valence-corrected chi connectivity index (χ2v) is 3.79. The van der Waals surface area contributed by atoms with Gasteiger partial charge in [0.25, 0.3) is 0 Å². The van der Waals surface area contributed by atoms with Crippen LogP contribution in [0, 0.1) is 5.82 Å². The van der Waals surface area contributed by atoms with Crippen LogP contribution >= 0.6 is 0 Å². The minimum atomic E-state index is -0.413. The monoisotopic (exact) mass is 232 g/mol. The molecule has 0 N–H and O–H groups in total. The number of nitrogens with zero attached hydrogens (tertiary/aromatic N) is 2. The molecule has 88 valence electrons. The predicted molar refractivity (Wildman–Crippen MR) is 63.3 cm³/mol. The van der Waals surface area contributed by atoms with Crippen LogP contribution in [0.5, 0.6) is 0 Å². The summed E-state index contributed by atoms with van der Waals surface area (Å²) in [5, 5.41) is 0. The standard InChI is InChI=1S/C13H13FN2O/c1-2-6-16-7-5-15-13(16)12-4-3-11(14)8-10(12)9-17/h3-5,7-9H,2,6H2,1H3. The quantitative estimate of drug-likeness (QED) is 0.760. The number of aldehydes is 1. The third-order valence-corrected chi connectivity index (χ3v) is 2.56. The van der Waals surface area contributed by atoms with Crippen molar-refractivity contribution in [3.63, 3.8) is 0 Å². The fourth-order valence-electron chi connectivity index (χ4n) is 1.81. The van der Waals surface area contributed by atoms with Crippen molar-refractivity contribution in [3.05, 3.63) is 42.0 Å². The molecule has 0 spiro atoms. The molecule has 1 heterocycles. The number of benzene rings is 1. The molecule has 2 aromatic rings. The largest absolute Gasteiger partial charge is 0.331 e. The minimum Gasteiger partial charge on any atom is -0.331 e. The average molecular weight is 232 g/mol. The topological polar surface area (TPSA) is 34.9 Å². The fourth-order valence-corrected chi connectivity index (χ4v) is 1.81. The summed E-state index contributed by atoms with van der Waals surface area (Å²) in [6.07, 6.45) is 5.17. The first-order valence-corrected chi connectivity index (χ1v) is 5.52. The summed E-state index contributed by atoms with van der Waals surface area (Å²) < 4.78 is 15.0. The molecule has 0 unspecified atom stereocenters. The average Bonchev–Trinajstić information content (AvgIpc) is 2.77. The Morgan fingerprint density at radius 1 is 1.47 bits per heavy atom. The summed E-state index contributed by atoms with van der Waals surface area (Å²) in [7, 11) is 0. The molecular formula is C13H13FN2O. The van der Waals surface area contributed by atoms with E-state index in [1.54, 1.807) is 12.3 Å². The molecule has 1 aromatic carbocycles. The Kier molecular flexibility index (Phi) is 3.32. The lowest BCUT2D eigenvalue weighted by atomic mass is 10.1. The molecular weight excluding hydrogens is 219 g/mol. The molecule has 17 heavy (non-hydrogen) atoms. The van der Waals surface area contributed by atoms with Gasteiger partial charge in [0, 0.05) is 30.1 Å². The van der Waals surface area contributed by atoms with Crippen LogP contribution in [0.4, 0.5) is 4.39 Å². The highest BCUT2D eigenvalue weighted by Gasteiger charge is 2.10. The molecule has 2 rings (SSSR count). The predicted octanol–water partition coefficient (Wildman–Crippen LogP) is 2.91. The summed E-state index contributed by atoms with van der Waals surface area (Å²) in [5.74, 6) is 0.290. The second kappa shape index (κ2) is 4.91. The maximum atomic E-state index is 13.0. The van der Waals surface area contributed by atoms with Crippen molar-refractivity contribution in [2.75, 3.05) is 0 Å². The molecule has 3 nitrogen and oxygen atoms in total. The molecule has 0 saturated heterocycles. The van der Waals surface area contributed by atoms with Gasteiger partial charge in [-0.1, -0.05) is 6.92 Å². The third kappa shape index (κ3) is 2.25. The van der Waals surface area contributed by atoms with Gasteiger partial charge >= 0.3 is 0 Å². The number of hydrogen-bond acceptors (Lipinski definition) is 2. The maximum Gasteiger partial charge on any atom is 0.150 e. The Labute approximate surface area is 98.9 Å². The number of halogens is 1. The van der Waals surface area contributed by atoms with Crippen molar-refractivity contribution in [3.8, 4) is 11.4 Å². The summed E-state index contributed by atoms with van der Waals surface area (Å²) in [4.78, 5) is 15.2. The van der Waals surface area contributed by atoms with Crippen LogP contribution in [0.15, 0.2) is 30.6 Å². The summed E-state index contributed by atoms with van der Waals surface area (Å²) in [6.45, 7) is 2.89. The molecule has 0 amide bonds. The lowest BCUT2D eigenvalue weighted by Gasteiger charge is -2.08. The van der Waals surface area contributed by atoms with Crippen LogP contribution in [0.1, 0.15) is 23.7 Å². The van der Waals surface area contributed by atoms with E-state index in [1.165, 1.54) is 12.1 Å². The van der Waals surface area contributed by atoms with Crippen LogP contribution in [0.3, 0.4) is 0 Å². The molecule has 0 atom stereocenters. The molecule has 0 radical (unpaired) electrons. The van der Waals surface area contributed by atoms with Crippen LogP contribution in [-0.2, 0) is 6.54 Å². The van der Waals surface area contributed by atoms with E-state index in [2.05, 4.69) is 11.9 Å². The molecule has 0 aliphatic rings. The Morgan fingerprint density at radius 3 is 3.00 bits per heavy atom. The summed E-state index contributed by atoms with van der Waals surface area (Å²) in [5.41, 5.74) is 0.994. The highest BCUT2D eigenvalue weighted by Crippen LogP contribution is 2.22. The SMILES string of the molecule is CCCn1ccnc1-c1ccc(F)cc1C=O. The molecule has 0 aliphatic carbocycles. The van der Waals surface area contributed by atoms with Crippen molar-refractivity contribution < 1.29 is 9.18 Å². The van der Waals surface area contributed by atoms with Crippen molar-refractivity contribution in [2.24, 2.45) is 0 Å². The van der Waals surface area contributed by atoms with Crippen molar-refractivity contribution in [1.29, 1.82) is 0 Å². The Bertz CT molecular complexity index is 534. The maximum absolute atomic E-state index is 13.0. The van der Waals surface area contributed by atoms with Gasteiger partial charge in [-0.3, -0.25) is 4.79 Å². The van der Waals surface area contributed by atoms with Crippen molar-refractivity contribution in [2.45, 2.75) is 19.9 Å².